The Kier molecular flexibility index (Phi) is 3.62. The highest BCUT2D eigenvalue weighted by molar-refractivity contribution is 5.38. The molecule has 1 aliphatic heterocycles. The van der Waals surface area contributed by atoms with Gasteiger partial charge in [0, 0.05) is 31.8 Å². The fourth-order valence-corrected chi connectivity index (χ4v) is 2.25. The second-order valence-corrected chi connectivity index (χ2v) is 5.20. The molecule has 0 unspecified atom stereocenters. The van der Waals surface area contributed by atoms with Crippen molar-refractivity contribution in [2.45, 2.75) is 25.7 Å². The van der Waals surface area contributed by atoms with Crippen LogP contribution in [0.15, 0.2) is 6.07 Å². The highest BCUT2D eigenvalue weighted by Gasteiger charge is 2.21. The lowest BCUT2D eigenvalue weighted by molar-refractivity contribution is 0.251. The van der Waals surface area contributed by atoms with Gasteiger partial charge in [0.25, 0.3) is 0 Å². The number of piperidine rings is 1. The lowest BCUT2D eigenvalue weighted by Gasteiger charge is -2.28. The average Bonchev–Trinajstić information content (AvgIpc) is 2.29. The maximum atomic E-state index is 4.68. The SMILES string of the molecule is Cc1cc(N(C)C)nc(C2CCN(C)CC2)n1. The van der Waals surface area contributed by atoms with E-state index < -0.39 is 0 Å². The molecule has 0 N–H and O–H groups in total. The molecule has 0 atom stereocenters. The number of aromatic nitrogens is 2. The summed E-state index contributed by atoms with van der Waals surface area (Å²) in [5, 5.41) is 0. The zero-order chi connectivity index (χ0) is 12.4. The van der Waals surface area contributed by atoms with Gasteiger partial charge in [-0.3, -0.25) is 0 Å². The standard InChI is InChI=1S/C13H22N4/c1-10-9-12(16(2)3)15-13(14-10)11-5-7-17(4)8-6-11/h9,11H,5-8H2,1-4H3. The van der Waals surface area contributed by atoms with Gasteiger partial charge in [-0.05, 0) is 39.9 Å². The van der Waals surface area contributed by atoms with E-state index in [0.717, 1.165) is 30.4 Å². The first-order valence-corrected chi connectivity index (χ1v) is 6.27. The number of rotatable bonds is 2. The number of hydrogen-bond acceptors (Lipinski definition) is 4. The van der Waals surface area contributed by atoms with Crippen molar-refractivity contribution < 1.29 is 0 Å². The van der Waals surface area contributed by atoms with Crippen LogP contribution in [-0.4, -0.2) is 49.1 Å². The normalized spacial score (nSPS) is 18.4. The Morgan fingerprint density at radius 2 is 1.88 bits per heavy atom. The number of aryl methyl sites for hydroxylation is 1. The fraction of sp³-hybridized carbons (Fsp3) is 0.692. The minimum absolute atomic E-state index is 0.532. The highest BCUT2D eigenvalue weighted by atomic mass is 15.2. The van der Waals surface area contributed by atoms with Crippen molar-refractivity contribution in [3.63, 3.8) is 0 Å². The molecule has 0 radical (unpaired) electrons. The predicted octanol–water partition coefficient (Wildman–Crippen LogP) is 1.66. The number of likely N-dealkylation sites (tertiary alicyclic amines) is 1. The first-order chi connectivity index (χ1) is 8.06. The van der Waals surface area contributed by atoms with Gasteiger partial charge >= 0.3 is 0 Å². The quantitative estimate of drug-likeness (QED) is 0.779. The molecule has 94 valence electrons. The van der Waals surface area contributed by atoms with Crippen LogP contribution in [0.3, 0.4) is 0 Å². The average molecular weight is 234 g/mol. The van der Waals surface area contributed by atoms with Crippen molar-refractivity contribution in [1.29, 1.82) is 0 Å². The summed E-state index contributed by atoms with van der Waals surface area (Å²) in [6.07, 6.45) is 2.35. The third kappa shape index (κ3) is 2.94. The summed E-state index contributed by atoms with van der Waals surface area (Å²) in [6.45, 7) is 4.35. The summed E-state index contributed by atoms with van der Waals surface area (Å²) in [5.41, 5.74) is 1.07. The first kappa shape index (κ1) is 12.3. The fourth-order valence-electron chi connectivity index (χ4n) is 2.25. The van der Waals surface area contributed by atoms with Crippen LogP contribution in [0, 0.1) is 6.92 Å². The minimum atomic E-state index is 0.532. The van der Waals surface area contributed by atoms with E-state index in [0.29, 0.717) is 5.92 Å². The molecule has 0 bridgehead atoms. The van der Waals surface area contributed by atoms with Gasteiger partial charge in [0.05, 0.1) is 0 Å². The van der Waals surface area contributed by atoms with Crippen LogP contribution in [0.5, 0.6) is 0 Å². The molecule has 17 heavy (non-hydrogen) atoms. The van der Waals surface area contributed by atoms with Crippen LogP contribution in [0.2, 0.25) is 0 Å². The molecule has 1 aromatic rings. The molecule has 4 heteroatoms. The Hall–Kier alpha value is -1.16. The zero-order valence-electron chi connectivity index (χ0n) is 11.3. The number of anilines is 1. The summed E-state index contributed by atoms with van der Waals surface area (Å²) < 4.78 is 0. The molecule has 0 amide bonds. The molecule has 1 fully saturated rings. The van der Waals surface area contributed by atoms with Gasteiger partial charge in [-0.15, -0.1) is 0 Å². The van der Waals surface area contributed by atoms with Crippen LogP contribution in [0.4, 0.5) is 5.82 Å². The molecule has 4 nitrogen and oxygen atoms in total. The molecule has 0 saturated carbocycles. The van der Waals surface area contributed by atoms with E-state index in [1.165, 1.54) is 12.8 Å². The molecule has 1 aromatic heterocycles. The highest BCUT2D eigenvalue weighted by Crippen LogP contribution is 2.26. The largest absolute Gasteiger partial charge is 0.363 e. The molecular formula is C13H22N4. The van der Waals surface area contributed by atoms with Crippen molar-refractivity contribution in [2.75, 3.05) is 39.1 Å². The van der Waals surface area contributed by atoms with E-state index in [1.54, 1.807) is 0 Å². The van der Waals surface area contributed by atoms with E-state index in [4.69, 9.17) is 0 Å². The van der Waals surface area contributed by atoms with Crippen molar-refractivity contribution in [3.8, 4) is 0 Å². The van der Waals surface area contributed by atoms with Crippen molar-refractivity contribution in [2.24, 2.45) is 0 Å². The summed E-state index contributed by atoms with van der Waals surface area (Å²) in [6, 6.07) is 2.04. The Balaban J connectivity index is 2.20. The Morgan fingerprint density at radius 1 is 1.24 bits per heavy atom. The number of hydrogen-bond donors (Lipinski definition) is 0. The zero-order valence-corrected chi connectivity index (χ0v) is 11.3. The lowest BCUT2D eigenvalue weighted by atomic mass is 9.96. The summed E-state index contributed by atoms with van der Waals surface area (Å²) in [4.78, 5) is 13.7. The molecular weight excluding hydrogens is 212 g/mol. The topological polar surface area (TPSA) is 32.3 Å². The van der Waals surface area contributed by atoms with E-state index in [-0.39, 0.29) is 0 Å². The van der Waals surface area contributed by atoms with Gasteiger partial charge < -0.3 is 9.80 Å². The minimum Gasteiger partial charge on any atom is -0.363 e. The van der Waals surface area contributed by atoms with E-state index >= 15 is 0 Å². The molecule has 1 saturated heterocycles. The van der Waals surface area contributed by atoms with Crippen LogP contribution in [-0.2, 0) is 0 Å². The molecule has 0 spiro atoms. The van der Waals surface area contributed by atoms with Crippen molar-refractivity contribution in [1.82, 2.24) is 14.9 Å². The summed E-state index contributed by atoms with van der Waals surface area (Å²) in [5.74, 6) is 2.58. The Bertz CT molecular complexity index is 381. The summed E-state index contributed by atoms with van der Waals surface area (Å²) >= 11 is 0. The Morgan fingerprint density at radius 3 is 2.47 bits per heavy atom. The molecule has 2 heterocycles. The maximum absolute atomic E-state index is 4.68. The lowest BCUT2D eigenvalue weighted by Crippen LogP contribution is -2.30. The van der Waals surface area contributed by atoms with Crippen LogP contribution in [0.25, 0.3) is 0 Å². The second-order valence-electron chi connectivity index (χ2n) is 5.20. The molecule has 0 aromatic carbocycles. The van der Waals surface area contributed by atoms with Crippen LogP contribution < -0.4 is 4.90 Å². The Labute approximate surface area is 104 Å². The summed E-state index contributed by atoms with van der Waals surface area (Å²) in [7, 11) is 6.24. The van der Waals surface area contributed by atoms with E-state index in [2.05, 4.69) is 21.9 Å². The van der Waals surface area contributed by atoms with Gasteiger partial charge in [0.1, 0.15) is 11.6 Å². The van der Waals surface area contributed by atoms with Gasteiger partial charge in [0.2, 0.25) is 0 Å². The smallest absolute Gasteiger partial charge is 0.134 e. The van der Waals surface area contributed by atoms with Crippen LogP contribution >= 0.6 is 0 Å². The molecule has 0 aliphatic carbocycles. The third-order valence-corrected chi connectivity index (χ3v) is 3.40. The van der Waals surface area contributed by atoms with Crippen LogP contribution in [0.1, 0.15) is 30.3 Å². The molecule has 1 aliphatic rings. The van der Waals surface area contributed by atoms with Gasteiger partial charge in [-0.1, -0.05) is 0 Å². The van der Waals surface area contributed by atoms with Gasteiger partial charge in [-0.25, -0.2) is 9.97 Å². The molecule has 2 rings (SSSR count). The van der Waals surface area contributed by atoms with Crippen molar-refractivity contribution in [3.05, 3.63) is 17.6 Å². The monoisotopic (exact) mass is 234 g/mol. The number of nitrogens with zero attached hydrogens (tertiary/aromatic N) is 4. The van der Waals surface area contributed by atoms with E-state index in [9.17, 15) is 0 Å². The maximum Gasteiger partial charge on any atom is 0.134 e. The predicted molar refractivity (Wildman–Crippen MR) is 70.6 cm³/mol. The first-order valence-electron chi connectivity index (χ1n) is 6.27. The van der Waals surface area contributed by atoms with Gasteiger partial charge in [0.15, 0.2) is 0 Å². The van der Waals surface area contributed by atoms with Gasteiger partial charge in [-0.2, -0.15) is 0 Å². The van der Waals surface area contributed by atoms with E-state index in [1.807, 2.05) is 32.0 Å². The second kappa shape index (κ2) is 5.00. The third-order valence-electron chi connectivity index (χ3n) is 3.40. The van der Waals surface area contributed by atoms with Crippen molar-refractivity contribution >= 4 is 5.82 Å².